The number of carbonyl (C=O) groups is 1. The van der Waals surface area contributed by atoms with Gasteiger partial charge in [0.05, 0.1) is 6.10 Å². The molecule has 0 aliphatic carbocycles. The Morgan fingerprint density at radius 1 is 1.19 bits per heavy atom. The van der Waals surface area contributed by atoms with Gasteiger partial charge >= 0.3 is 0 Å². The van der Waals surface area contributed by atoms with Crippen molar-refractivity contribution in [2.75, 3.05) is 24.5 Å². The Balaban J connectivity index is 1.41. The summed E-state index contributed by atoms with van der Waals surface area (Å²) < 4.78 is 11.9. The van der Waals surface area contributed by atoms with E-state index in [1.54, 1.807) is 0 Å². The molecule has 0 bridgehead atoms. The first-order valence-corrected chi connectivity index (χ1v) is 12.3. The maximum Gasteiger partial charge on any atom is 0.299 e. The highest BCUT2D eigenvalue weighted by Gasteiger charge is 2.32. The summed E-state index contributed by atoms with van der Waals surface area (Å²) in [6, 6.07) is 7.18. The van der Waals surface area contributed by atoms with Crippen LogP contribution in [0.5, 0.6) is 5.75 Å². The highest BCUT2D eigenvalue weighted by molar-refractivity contribution is 5.85. The molecule has 2 aromatic rings. The molecule has 4 rings (SSSR count). The monoisotopic (exact) mass is 442 g/mol. The van der Waals surface area contributed by atoms with Crippen LogP contribution in [0.1, 0.15) is 66.2 Å². The van der Waals surface area contributed by atoms with Gasteiger partial charge in [0, 0.05) is 37.8 Å². The molecular weight excluding hydrogens is 404 g/mol. The van der Waals surface area contributed by atoms with Gasteiger partial charge in [0.25, 0.3) is 6.01 Å². The Morgan fingerprint density at radius 3 is 2.72 bits per heavy atom. The molecule has 2 unspecified atom stereocenters. The second kappa shape index (κ2) is 10.1. The number of hydrogen-bond acceptors (Lipinski definition) is 6. The van der Waals surface area contributed by atoms with Gasteiger partial charge in [0.2, 0.25) is 5.91 Å². The van der Waals surface area contributed by atoms with Crippen molar-refractivity contribution in [3.8, 4) is 5.75 Å². The van der Waals surface area contributed by atoms with Crippen molar-refractivity contribution in [3.05, 3.63) is 18.2 Å². The lowest BCUT2D eigenvalue weighted by Gasteiger charge is -2.39. The maximum atomic E-state index is 13.1. The number of aromatic nitrogens is 1. The van der Waals surface area contributed by atoms with E-state index in [-0.39, 0.29) is 18.1 Å². The number of fused-ring (bicyclic) bond motifs is 1. The molecule has 32 heavy (non-hydrogen) atoms. The normalized spacial score (nSPS) is 24.8. The van der Waals surface area contributed by atoms with Crippen LogP contribution in [0.4, 0.5) is 6.01 Å². The predicted molar refractivity (Wildman–Crippen MR) is 127 cm³/mol. The van der Waals surface area contributed by atoms with Crippen molar-refractivity contribution in [3.63, 3.8) is 0 Å². The zero-order valence-corrected chi connectivity index (χ0v) is 20.0. The predicted octanol–water partition coefficient (Wildman–Crippen LogP) is 4.35. The van der Waals surface area contributed by atoms with E-state index in [0.29, 0.717) is 30.2 Å². The van der Waals surface area contributed by atoms with Crippen molar-refractivity contribution in [2.24, 2.45) is 0 Å². The summed E-state index contributed by atoms with van der Waals surface area (Å²) in [5, 5.41) is 3.19. The molecule has 2 fully saturated rings. The fourth-order valence-corrected chi connectivity index (χ4v) is 5.14. The lowest BCUT2D eigenvalue weighted by Crippen LogP contribution is -2.52. The highest BCUT2D eigenvalue weighted by atomic mass is 16.5. The van der Waals surface area contributed by atoms with E-state index in [2.05, 4.69) is 29.0 Å². The standard InChI is InChI=1S/C25H38N4O3/c1-17(2)31-20-11-12-21-23(16-20)32-25(27-21)29-14-6-5-10-22(29)24(30)26-13-15-28-18(3)8-7-9-19(28)4/h11-12,16-19,22H,5-10,13-15H2,1-4H3,(H,26,30)/t18?,19?,22-/m0/s1. The van der Waals surface area contributed by atoms with Crippen LogP contribution in [0.15, 0.2) is 22.6 Å². The average Bonchev–Trinajstić information content (AvgIpc) is 3.18. The Bertz CT molecular complexity index is 902. The van der Waals surface area contributed by atoms with Crippen LogP contribution in [0.25, 0.3) is 11.1 Å². The van der Waals surface area contributed by atoms with Gasteiger partial charge in [0.15, 0.2) is 5.58 Å². The molecule has 0 saturated carbocycles. The number of hydrogen-bond donors (Lipinski definition) is 1. The molecule has 7 nitrogen and oxygen atoms in total. The molecule has 0 spiro atoms. The summed E-state index contributed by atoms with van der Waals surface area (Å²) in [7, 11) is 0. The number of nitrogens with zero attached hydrogens (tertiary/aromatic N) is 3. The third-order valence-electron chi connectivity index (χ3n) is 6.82. The van der Waals surface area contributed by atoms with Crippen LogP contribution in [0.3, 0.4) is 0 Å². The number of anilines is 1. The van der Waals surface area contributed by atoms with E-state index in [9.17, 15) is 4.79 Å². The molecule has 1 aromatic carbocycles. The zero-order valence-electron chi connectivity index (χ0n) is 20.0. The molecule has 1 amide bonds. The van der Waals surface area contributed by atoms with Crippen LogP contribution >= 0.6 is 0 Å². The smallest absolute Gasteiger partial charge is 0.299 e. The molecule has 1 aromatic heterocycles. The molecular formula is C25H38N4O3. The van der Waals surface area contributed by atoms with Crippen molar-refractivity contribution in [1.29, 1.82) is 0 Å². The number of amides is 1. The molecule has 0 radical (unpaired) electrons. The number of likely N-dealkylation sites (tertiary alicyclic amines) is 1. The first-order valence-electron chi connectivity index (χ1n) is 12.3. The third-order valence-corrected chi connectivity index (χ3v) is 6.82. The van der Waals surface area contributed by atoms with Gasteiger partial charge in [-0.2, -0.15) is 4.98 Å². The summed E-state index contributed by atoms with van der Waals surface area (Å²) in [6.07, 6.45) is 6.79. The molecule has 2 aliphatic heterocycles. The molecule has 176 valence electrons. The van der Waals surface area contributed by atoms with E-state index < -0.39 is 0 Å². The van der Waals surface area contributed by atoms with Crippen LogP contribution in [-0.4, -0.2) is 59.7 Å². The number of benzene rings is 1. The Labute approximate surface area is 191 Å². The van der Waals surface area contributed by atoms with E-state index >= 15 is 0 Å². The number of rotatable bonds is 7. The van der Waals surface area contributed by atoms with Crippen molar-refractivity contribution < 1.29 is 13.9 Å². The first-order chi connectivity index (χ1) is 15.4. The quantitative estimate of drug-likeness (QED) is 0.687. The average molecular weight is 443 g/mol. The van der Waals surface area contributed by atoms with Crippen molar-refractivity contribution >= 4 is 23.0 Å². The molecule has 2 saturated heterocycles. The van der Waals surface area contributed by atoms with Crippen molar-refractivity contribution in [2.45, 2.75) is 90.4 Å². The Morgan fingerprint density at radius 2 is 1.97 bits per heavy atom. The molecule has 2 aliphatic rings. The van der Waals surface area contributed by atoms with Crippen LogP contribution in [0.2, 0.25) is 0 Å². The fourth-order valence-electron chi connectivity index (χ4n) is 5.14. The van der Waals surface area contributed by atoms with E-state index in [1.807, 2.05) is 36.9 Å². The van der Waals surface area contributed by atoms with Gasteiger partial charge in [-0.25, -0.2) is 0 Å². The topological polar surface area (TPSA) is 70.8 Å². The number of ether oxygens (including phenoxy) is 1. The molecule has 7 heteroatoms. The minimum absolute atomic E-state index is 0.0769. The summed E-state index contributed by atoms with van der Waals surface area (Å²) in [5.41, 5.74) is 1.48. The minimum Gasteiger partial charge on any atom is -0.491 e. The lowest BCUT2D eigenvalue weighted by molar-refractivity contribution is -0.123. The van der Waals surface area contributed by atoms with Crippen LogP contribution in [-0.2, 0) is 4.79 Å². The van der Waals surface area contributed by atoms with E-state index in [4.69, 9.17) is 9.15 Å². The Kier molecular flexibility index (Phi) is 7.23. The highest BCUT2D eigenvalue weighted by Crippen LogP contribution is 2.30. The fraction of sp³-hybridized carbons (Fsp3) is 0.680. The number of nitrogens with one attached hydrogen (secondary N) is 1. The van der Waals surface area contributed by atoms with Gasteiger partial charge < -0.3 is 19.4 Å². The van der Waals surface area contributed by atoms with Gasteiger partial charge in [-0.05, 0) is 71.9 Å². The van der Waals surface area contributed by atoms with Gasteiger partial charge in [0.1, 0.15) is 17.3 Å². The van der Waals surface area contributed by atoms with Gasteiger partial charge in [-0.15, -0.1) is 0 Å². The van der Waals surface area contributed by atoms with E-state index in [0.717, 1.165) is 43.6 Å². The second-order valence-corrected chi connectivity index (χ2v) is 9.66. The lowest BCUT2D eigenvalue weighted by atomic mass is 9.97. The second-order valence-electron chi connectivity index (χ2n) is 9.66. The largest absolute Gasteiger partial charge is 0.491 e. The number of oxazole rings is 1. The SMILES string of the molecule is CC(C)Oc1ccc2nc(N3CCCC[C@H]3C(=O)NCCN3C(C)CCCC3C)oc2c1. The maximum absolute atomic E-state index is 13.1. The summed E-state index contributed by atoms with van der Waals surface area (Å²) in [4.78, 5) is 22.4. The summed E-state index contributed by atoms with van der Waals surface area (Å²) >= 11 is 0. The summed E-state index contributed by atoms with van der Waals surface area (Å²) in [6.45, 7) is 11.0. The first kappa shape index (κ1) is 22.9. The molecule has 3 heterocycles. The molecule has 1 N–H and O–H groups in total. The van der Waals surface area contributed by atoms with Crippen molar-refractivity contribution in [1.82, 2.24) is 15.2 Å². The minimum atomic E-state index is -0.237. The zero-order chi connectivity index (χ0) is 22.7. The number of piperidine rings is 2. The third kappa shape index (κ3) is 5.20. The van der Waals surface area contributed by atoms with Gasteiger partial charge in [-0.3, -0.25) is 9.69 Å². The Hall–Kier alpha value is -2.28. The molecule has 3 atom stereocenters. The van der Waals surface area contributed by atoms with Crippen LogP contribution < -0.4 is 15.0 Å². The van der Waals surface area contributed by atoms with Crippen LogP contribution in [0, 0.1) is 0 Å². The van der Waals surface area contributed by atoms with E-state index in [1.165, 1.54) is 19.3 Å². The summed E-state index contributed by atoms with van der Waals surface area (Å²) in [5.74, 6) is 0.845. The number of carbonyl (C=O) groups excluding carboxylic acids is 1. The van der Waals surface area contributed by atoms with Gasteiger partial charge in [-0.1, -0.05) is 6.42 Å².